The van der Waals surface area contributed by atoms with Gasteiger partial charge in [0.25, 0.3) is 10.0 Å². The van der Waals surface area contributed by atoms with E-state index in [0.717, 1.165) is 9.87 Å². The van der Waals surface area contributed by atoms with Crippen LogP contribution >= 0.6 is 0 Å². The lowest BCUT2D eigenvalue weighted by Gasteiger charge is -2.33. The van der Waals surface area contributed by atoms with Crippen molar-refractivity contribution in [1.82, 2.24) is 10.2 Å². The Labute approximate surface area is 243 Å². The number of sulfonamides is 1. The predicted molar refractivity (Wildman–Crippen MR) is 159 cm³/mol. The largest absolute Gasteiger partial charge is 0.497 e. The van der Waals surface area contributed by atoms with Crippen LogP contribution in [0.3, 0.4) is 0 Å². The number of rotatable bonds is 14. The maximum Gasteiger partial charge on any atom is 0.264 e. The van der Waals surface area contributed by atoms with E-state index in [1.54, 1.807) is 61.7 Å². The molecule has 0 fully saturated rings. The zero-order chi connectivity index (χ0) is 30.0. The van der Waals surface area contributed by atoms with E-state index in [0.29, 0.717) is 24.5 Å². The van der Waals surface area contributed by atoms with Gasteiger partial charge in [-0.15, -0.1) is 0 Å². The molecule has 0 bridgehead atoms. The van der Waals surface area contributed by atoms with Crippen molar-refractivity contribution in [3.05, 3.63) is 84.4 Å². The third kappa shape index (κ3) is 8.00. The Morgan fingerprint density at radius 1 is 0.878 bits per heavy atom. The molecule has 0 saturated heterocycles. The number of ether oxygens (including phenoxy) is 2. The van der Waals surface area contributed by atoms with Crippen LogP contribution in [0.25, 0.3) is 0 Å². The van der Waals surface area contributed by atoms with Gasteiger partial charge in [0.05, 0.1) is 24.8 Å². The summed E-state index contributed by atoms with van der Waals surface area (Å²) in [5.41, 5.74) is 0.984. The molecular weight excluding hydrogens is 542 g/mol. The third-order valence-electron chi connectivity index (χ3n) is 6.55. The molecule has 0 saturated carbocycles. The van der Waals surface area contributed by atoms with Crippen LogP contribution in [-0.2, 0) is 26.2 Å². The highest BCUT2D eigenvalue weighted by Gasteiger charge is 2.34. The van der Waals surface area contributed by atoms with Gasteiger partial charge in [-0.25, -0.2) is 8.42 Å². The first kappa shape index (κ1) is 31.5. The van der Waals surface area contributed by atoms with Gasteiger partial charge in [-0.2, -0.15) is 0 Å². The monoisotopic (exact) mass is 581 g/mol. The molecule has 3 aromatic carbocycles. The average molecular weight is 582 g/mol. The summed E-state index contributed by atoms with van der Waals surface area (Å²) in [5.74, 6) is 0.350. The summed E-state index contributed by atoms with van der Waals surface area (Å²) >= 11 is 0. The quantitative estimate of drug-likeness (QED) is 0.301. The Morgan fingerprint density at radius 3 is 2.10 bits per heavy atom. The van der Waals surface area contributed by atoms with Gasteiger partial charge < -0.3 is 19.7 Å². The Hall–Kier alpha value is -4.05. The van der Waals surface area contributed by atoms with Crippen molar-refractivity contribution in [3.8, 4) is 11.5 Å². The Bertz CT molecular complexity index is 1390. The van der Waals surface area contributed by atoms with E-state index < -0.39 is 28.5 Å². The van der Waals surface area contributed by atoms with Crippen LogP contribution in [0.4, 0.5) is 5.69 Å². The van der Waals surface area contributed by atoms with E-state index in [-0.39, 0.29) is 29.0 Å². The van der Waals surface area contributed by atoms with Crippen molar-refractivity contribution in [2.24, 2.45) is 5.92 Å². The fraction of sp³-hybridized carbons (Fsp3) is 0.355. The summed E-state index contributed by atoms with van der Waals surface area (Å²) in [6.45, 7) is 5.81. The molecule has 1 N–H and O–H groups in total. The molecule has 0 aliphatic carbocycles. The number of nitrogens with one attached hydrogen (secondary N) is 1. The SMILES string of the molecule is CC[C@@H](C(=O)NCC(C)C)N(Cc1ccc(OC)cc1)C(=O)CN(c1ccccc1OC)S(=O)(=O)c1ccccc1. The average Bonchev–Trinajstić information content (AvgIpc) is 2.99. The number of amides is 2. The molecule has 2 amide bonds. The molecule has 10 heteroatoms. The first-order valence-corrected chi connectivity index (χ1v) is 15.0. The molecule has 0 radical (unpaired) electrons. The van der Waals surface area contributed by atoms with Crippen molar-refractivity contribution in [2.75, 3.05) is 31.6 Å². The maximum absolute atomic E-state index is 14.1. The third-order valence-corrected chi connectivity index (χ3v) is 8.32. The van der Waals surface area contributed by atoms with E-state index in [9.17, 15) is 18.0 Å². The first-order chi connectivity index (χ1) is 19.6. The number of benzene rings is 3. The second-order valence-electron chi connectivity index (χ2n) is 9.93. The molecular formula is C31H39N3O6S. The number of para-hydroxylation sites is 2. The van der Waals surface area contributed by atoms with Crippen LogP contribution in [-0.4, -0.2) is 58.5 Å². The smallest absolute Gasteiger partial charge is 0.264 e. The van der Waals surface area contributed by atoms with E-state index in [4.69, 9.17) is 9.47 Å². The number of nitrogens with zero attached hydrogens (tertiary/aromatic N) is 2. The topological polar surface area (TPSA) is 105 Å². The predicted octanol–water partition coefficient (Wildman–Crippen LogP) is 4.48. The van der Waals surface area contributed by atoms with Gasteiger partial charge in [0.2, 0.25) is 11.8 Å². The van der Waals surface area contributed by atoms with E-state index >= 15 is 0 Å². The van der Waals surface area contributed by atoms with Crippen molar-refractivity contribution in [2.45, 2.75) is 44.7 Å². The summed E-state index contributed by atoms with van der Waals surface area (Å²) < 4.78 is 39.7. The van der Waals surface area contributed by atoms with Crippen molar-refractivity contribution >= 4 is 27.5 Å². The summed E-state index contributed by atoms with van der Waals surface area (Å²) in [4.78, 5) is 28.9. The number of anilines is 1. The summed E-state index contributed by atoms with van der Waals surface area (Å²) in [6.07, 6.45) is 0.339. The fourth-order valence-electron chi connectivity index (χ4n) is 4.34. The molecule has 1 atom stereocenters. The first-order valence-electron chi connectivity index (χ1n) is 13.5. The Morgan fingerprint density at radius 2 is 1.51 bits per heavy atom. The van der Waals surface area contributed by atoms with Gasteiger partial charge in [-0.05, 0) is 54.3 Å². The molecule has 0 aromatic heterocycles. The van der Waals surface area contributed by atoms with E-state index in [1.807, 2.05) is 32.9 Å². The molecule has 0 unspecified atom stereocenters. The molecule has 3 rings (SSSR count). The van der Waals surface area contributed by atoms with E-state index in [1.165, 1.54) is 24.1 Å². The molecule has 3 aromatic rings. The lowest BCUT2D eigenvalue weighted by molar-refractivity contribution is -0.140. The lowest BCUT2D eigenvalue weighted by Crippen LogP contribution is -2.52. The van der Waals surface area contributed by atoms with Gasteiger partial charge in [0, 0.05) is 13.1 Å². The van der Waals surface area contributed by atoms with Crippen LogP contribution < -0.4 is 19.1 Å². The Balaban J connectivity index is 2.06. The van der Waals surface area contributed by atoms with Crippen LogP contribution in [0.5, 0.6) is 11.5 Å². The highest BCUT2D eigenvalue weighted by Crippen LogP contribution is 2.32. The number of methoxy groups -OCH3 is 2. The normalized spacial score (nSPS) is 12.0. The van der Waals surface area contributed by atoms with Crippen LogP contribution in [0.2, 0.25) is 0 Å². The molecule has 220 valence electrons. The zero-order valence-electron chi connectivity index (χ0n) is 24.2. The minimum absolute atomic E-state index is 0.0297. The molecule has 0 aliphatic rings. The van der Waals surface area contributed by atoms with E-state index in [2.05, 4.69) is 5.32 Å². The molecule has 9 nitrogen and oxygen atoms in total. The molecule has 0 heterocycles. The van der Waals surface area contributed by atoms with Gasteiger partial charge in [-0.1, -0.05) is 63.2 Å². The van der Waals surface area contributed by atoms with Crippen LogP contribution in [0, 0.1) is 5.92 Å². The molecule has 0 aliphatic heterocycles. The summed E-state index contributed by atoms with van der Waals surface area (Å²) in [6, 6.07) is 20.9. The lowest BCUT2D eigenvalue weighted by atomic mass is 10.1. The maximum atomic E-state index is 14.1. The second kappa shape index (κ2) is 14.5. The molecule has 0 spiro atoms. The fourth-order valence-corrected chi connectivity index (χ4v) is 5.78. The van der Waals surface area contributed by atoms with Gasteiger partial charge in [-0.3, -0.25) is 13.9 Å². The standard InChI is InChI=1S/C31H39N3O6S/c1-6-27(31(36)32-20-23(2)3)33(21-24-16-18-25(39-4)19-17-24)30(35)22-34(28-14-10-11-15-29(28)40-5)41(37,38)26-12-8-7-9-13-26/h7-19,23,27H,6,20-22H2,1-5H3,(H,32,36)/t27-/m0/s1. The van der Waals surface area contributed by atoms with Crippen LogP contribution in [0.15, 0.2) is 83.8 Å². The van der Waals surface area contributed by atoms with Crippen molar-refractivity contribution in [1.29, 1.82) is 0 Å². The number of hydrogen-bond acceptors (Lipinski definition) is 6. The molecule has 41 heavy (non-hydrogen) atoms. The number of hydrogen-bond donors (Lipinski definition) is 1. The van der Waals surface area contributed by atoms with Gasteiger partial charge >= 0.3 is 0 Å². The highest BCUT2D eigenvalue weighted by molar-refractivity contribution is 7.92. The number of carbonyl (C=O) groups is 2. The van der Waals surface area contributed by atoms with Crippen molar-refractivity contribution < 1.29 is 27.5 Å². The van der Waals surface area contributed by atoms with Crippen LogP contribution in [0.1, 0.15) is 32.8 Å². The minimum Gasteiger partial charge on any atom is -0.497 e. The van der Waals surface area contributed by atoms with Gasteiger partial charge in [0.1, 0.15) is 24.1 Å². The summed E-state index contributed by atoms with van der Waals surface area (Å²) in [5, 5.41) is 2.93. The second-order valence-corrected chi connectivity index (χ2v) is 11.8. The summed E-state index contributed by atoms with van der Waals surface area (Å²) in [7, 11) is -1.18. The Kier molecular flexibility index (Phi) is 11.2. The van der Waals surface area contributed by atoms with Crippen molar-refractivity contribution in [3.63, 3.8) is 0 Å². The highest BCUT2D eigenvalue weighted by atomic mass is 32.2. The number of carbonyl (C=O) groups excluding carboxylic acids is 2. The zero-order valence-corrected chi connectivity index (χ0v) is 25.1. The van der Waals surface area contributed by atoms with Gasteiger partial charge in [0.15, 0.2) is 0 Å². The minimum atomic E-state index is -4.18.